The molecular formula is C52H38N2. The zero-order valence-electron chi connectivity index (χ0n) is 29.9. The smallest absolute Gasteiger partial charge is 0.0701 e. The number of hydrogen-bond acceptors (Lipinski definition) is 1. The molecule has 0 saturated carbocycles. The summed E-state index contributed by atoms with van der Waals surface area (Å²) in [6.07, 6.45) is 29.4. The molecule has 0 saturated heterocycles. The molecule has 2 nitrogen and oxygen atoms in total. The second-order valence-electron chi connectivity index (χ2n) is 15.6. The molecule has 6 aliphatic rings. The van der Waals surface area contributed by atoms with Crippen molar-refractivity contribution < 1.29 is 0 Å². The molecule has 0 amide bonds. The van der Waals surface area contributed by atoms with Gasteiger partial charge in [-0.2, -0.15) is 0 Å². The zero-order chi connectivity index (χ0) is 35.4. The lowest BCUT2D eigenvalue weighted by Crippen LogP contribution is -2.32. The Morgan fingerprint density at radius 1 is 0.630 bits per heavy atom. The lowest BCUT2D eigenvalue weighted by molar-refractivity contribution is 0.466. The fraction of sp³-hybridized carbons (Fsp3) is 0.115. The van der Waals surface area contributed by atoms with Gasteiger partial charge < -0.3 is 9.88 Å². The summed E-state index contributed by atoms with van der Waals surface area (Å²) in [5.74, 6) is 0.697. The van der Waals surface area contributed by atoms with Crippen LogP contribution < -0.4 is 5.32 Å². The van der Waals surface area contributed by atoms with E-state index < -0.39 is 0 Å². The number of rotatable bonds is 3. The van der Waals surface area contributed by atoms with Crippen molar-refractivity contribution in [2.75, 3.05) is 0 Å². The van der Waals surface area contributed by atoms with Gasteiger partial charge in [-0.05, 0) is 117 Å². The number of dihydropyridines is 1. The minimum absolute atomic E-state index is 0.215. The van der Waals surface area contributed by atoms with Crippen LogP contribution in [0.2, 0.25) is 0 Å². The molecule has 12 rings (SSSR count). The highest BCUT2D eigenvalue weighted by atomic mass is 15.0. The molecule has 4 atom stereocenters. The van der Waals surface area contributed by atoms with Crippen molar-refractivity contribution in [1.29, 1.82) is 0 Å². The summed E-state index contributed by atoms with van der Waals surface area (Å²) in [7, 11) is 0. The minimum atomic E-state index is -0.225. The maximum absolute atomic E-state index is 3.74. The predicted molar refractivity (Wildman–Crippen MR) is 224 cm³/mol. The van der Waals surface area contributed by atoms with Gasteiger partial charge in [0.05, 0.1) is 17.0 Å². The highest BCUT2D eigenvalue weighted by Gasteiger charge is 2.57. The first kappa shape index (κ1) is 30.1. The number of hydrogen-bond donors (Lipinski definition) is 1. The van der Waals surface area contributed by atoms with Crippen LogP contribution in [0, 0.1) is 5.92 Å². The van der Waals surface area contributed by atoms with Crippen molar-refractivity contribution >= 4 is 22.7 Å². The Morgan fingerprint density at radius 2 is 1.44 bits per heavy atom. The van der Waals surface area contributed by atoms with Gasteiger partial charge in [0.2, 0.25) is 0 Å². The summed E-state index contributed by atoms with van der Waals surface area (Å²) in [4.78, 5) is 0. The fourth-order valence-electron chi connectivity index (χ4n) is 10.7. The third-order valence-electron chi connectivity index (χ3n) is 13.0. The van der Waals surface area contributed by atoms with Crippen molar-refractivity contribution in [3.05, 3.63) is 221 Å². The number of fused-ring (bicyclic) bond motifs is 14. The number of aryl methyl sites for hydroxylation is 1. The van der Waals surface area contributed by atoms with Crippen LogP contribution in [0.5, 0.6) is 0 Å². The highest BCUT2D eigenvalue weighted by molar-refractivity contribution is 5.99. The maximum Gasteiger partial charge on any atom is 0.0701 e. The Morgan fingerprint density at radius 3 is 2.41 bits per heavy atom. The molecule has 1 aromatic heterocycles. The van der Waals surface area contributed by atoms with Crippen molar-refractivity contribution in [1.82, 2.24) is 9.88 Å². The van der Waals surface area contributed by atoms with Crippen LogP contribution >= 0.6 is 0 Å². The van der Waals surface area contributed by atoms with Crippen molar-refractivity contribution in [2.24, 2.45) is 5.92 Å². The second-order valence-corrected chi connectivity index (χ2v) is 15.6. The van der Waals surface area contributed by atoms with E-state index in [0.717, 1.165) is 18.5 Å². The number of benzene rings is 5. The first-order valence-corrected chi connectivity index (χ1v) is 19.4. The Balaban J connectivity index is 1.04. The molecular weight excluding hydrogens is 653 g/mol. The molecule has 0 radical (unpaired) electrons. The van der Waals surface area contributed by atoms with Crippen molar-refractivity contribution in [3.63, 3.8) is 0 Å². The first-order chi connectivity index (χ1) is 26.8. The zero-order valence-corrected chi connectivity index (χ0v) is 29.9. The second kappa shape index (κ2) is 11.3. The molecule has 6 aromatic rings. The Hall–Kier alpha value is -6.38. The average Bonchev–Trinajstić information content (AvgIpc) is 3.84. The average molecular weight is 691 g/mol. The summed E-state index contributed by atoms with van der Waals surface area (Å²) in [6.45, 7) is 0. The third kappa shape index (κ3) is 4.06. The van der Waals surface area contributed by atoms with Crippen LogP contribution in [0.15, 0.2) is 182 Å². The van der Waals surface area contributed by atoms with E-state index in [2.05, 4.69) is 192 Å². The summed E-state index contributed by atoms with van der Waals surface area (Å²) in [5, 5.41) is 5.13. The fourth-order valence-corrected chi connectivity index (χ4v) is 10.7. The Labute approximate surface area is 316 Å². The first-order valence-electron chi connectivity index (χ1n) is 19.4. The predicted octanol–water partition coefficient (Wildman–Crippen LogP) is 11.8. The van der Waals surface area contributed by atoms with Gasteiger partial charge in [-0.15, -0.1) is 0 Å². The topological polar surface area (TPSA) is 17.0 Å². The molecule has 0 fully saturated rings. The van der Waals surface area contributed by atoms with Gasteiger partial charge in [0.25, 0.3) is 0 Å². The molecule has 1 N–H and O–H groups in total. The maximum atomic E-state index is 3.74. The SMILES string of the molecule is C1=CC2=CC=C(c3cccc(-c4cccc(-n5c6c(c7cc8c(cc75)-c5ccccc5C85c7ccccc7C7C=CC=CC75)CCC=C6)c4)c3)NC2C=C1. The molecule has 2 heterocycles. The number of allylic oxidation sites excluding steroid dienone is 9. The van der Waals surface area contributed by atoms with Gasteiger partial charge in [0, 0.05) is 34.3 Å². The highest BCUT2D eigenvalue weighted by Crippen LogP contribution is 2.65. The Bertz CT molecular complexity index is 2830. The molecule has 54 heavy (non-hydrogen) atoms. The summed E-state index contributed by atoms with van der Waals surface area (Å²) < 4.78 is 2.54. The minimum Gasteiger partial charge on any atom is -0.374 e. The third-order valence-corrected chi connectivity index (χ3v) is 13.0. The van der Waals surface area contributed by atoms with E-state index in [4.69, 9.17) is 0 Å². The largest absolute Gasteiger partial charge is 0.374 e. The standard InChI is InChI=1S/C52H38N2/c1-9-25-48-33(13-1)27-28-49(53-48)36-16-11-14-34(29-36)35-15-12-17-37(30-35)54-50-26-10-5-21-41(50)43-31-47-42(32-51(43)54)40-20-4-8-24-46(40)52(47)44-22-6-2-18-38(44)39-19-3-7-23-45(39)52/h1-4,6-20,22-32,38,44,48,53H,5,21H2. The molecule has 256 valence electrons. The van der Waals surface area contributed by atoms with E-state index in [1.807, 2.05) is 0 Å². The van der Waals surface area contributed by atoms with Gasteiger partial charge in [-0.1, -0.05) is 140 Å². The van der Waals surface area contributed by atoms with E-state index in [-0.39, 0.29) is 11.5 Å². The molecule has 1 spiro atoms. The van der Waals surface area contributed by atoms with Crippen LogP contribution in [0.25, 0.3) is 50.6 Å². The van der Waals surface area contributed by atoms with Gasteiger partial charge >= 0.3 is 0 Å². The van der Waals surface area contributed by atoms with Crippen LogP contribution in [0.3, 0.4) is 0 Å². The molecule has 5 aromatic carbocycles. The quantitative estimate of drug-likeness (QED) is 0.196. The molecule has 1 aliphatic heterocycles. The van der Waals surface area contributed by atoms with Crippen LogP contribution in [0.1, 0.15) is 51.4 Å². The van der Waals surface area contributed by atoms with Crippen LogP contribution in [-0.4, -0.2) is 10.6 Å². The van der Waals surface area contributed by atoms with E-state index in [1.54, 1.807) is 0 Å². The lowest BCUT2D eigenvalue weighted by Gasteiger charge is -2.36. The number of nitrogens with one attached hydrogen (secondary N) is 1. The molecule has 2 heteroatoms. The number of nitrogens with zero attached hydrogens (tertiary/aromatic N) is 1. The van der Waals surface area contributed by atoms with E-state index >= 15 is 0 Å². The van der Waals surface area contributed by atoms with Gasteiger partial charge in [-0.3, -0.25) is 0 Å². The van der Waals surface area contributed by atoms with Crippen LogP contribution in [0.4, 0.5) is 0 Å². The molecule has 4 unspecified atom stereocenters. The number of aromatic nitrogens is 1. The Kier molecular flexibility index (Phi) is 6.31. The summed E-state index contributed by atoms with van der Waals surface area (Å²) >= 11 is 0. The van der Waals surface area contributed by atoms with Gasteiger partial charge in [0.15, 0.2) is 0 Å². The summed E-state index contributed by atoms with van der Waals surface area (Å²) in [5.41, 5.74) is 19.7. The lowest BCUT2D eigenvalue weighted by atomic mass is 9.65. The summed E-state index contributed by atoms with van der Waals surface area (Å²) in [6, 6.07) is 42.0. The van der Waals surface area contributed by atoms with E-state index in [0.29, 0.717) is 11.8 Å². The normalized spacial score (nSPS) is 23.3. The van der Waals surface area contributed by atoms with Gasteiger partial charge in [-0.25, -0.2) is 0 Å². The van der Waals surface area contributed by atoms with Crippen molar-refractivity contribution in [2.45, 2.75) is 30.2 Å². The van der Waals surface area contributed by atoms with E-state index in [9.17, 15) is 0 Å². The molecule has 5 aliphatic carbocycles. The van der Waals surface area contributed by atoms with Gasteiger partial charge in [0.1, 0.15) is 0 Å². The van der Waals surface area contributed by atoms with Crippen molar-refractivity contribution in [3.8, 4) is 27.9 Å². The van der Waals surface area contributed by atoms with E-state index in [1.165, 1.54) is 83.5 Å². The van der Waals surface area contributed by atoms with Crippen LogP contribution in [-0.2, 0) is 11.8 Å². The molecule has 0 bridgehead atoms. The monoisotopic (exact) mass is 690 g/mol.